The number of hydrogen-bond donors (Lipinski definition) is 0. The fraction of sp³-hybridized carbons (Fsp3) is 0.667. The van der Waals surface area contributed by atoms with E-state index < -0.39 is 0 Å². The topological polar surface area (TPSA) is 42.4 Å². The smallest absolute Gasteiger partial charge is 0.222 e. The summed E-state index contributed by atoms with van der Waals surface area (Å²) in [4.78, 5) is 18.3. The van der Waals surface area contributed by atoms with E-state index >= 15 is 0 Å². The van der Waals surface area contributed by atoms with Gasteiger partial charge in [0.25, 0.3) is 0 Å². The van der Waals surface area contributed by atoms with Gasteiger partial charge in [-0.15, -0.1) is 0 Å². The number of nitrogens with zero attached hydrogens (tertiary/aromatic N) is 2. The normalized spacial score (nSPS) is 21.5. The summed E-state index contributed by atoms with van der Waals surface area (Å²) in [5, 5.41) is 1.35. The number of carbonyl (C=O) groups is 1. The van der Waals surface area contributed by atoms with Gasteiger partial charge in [-0.3, -0.25) is 9.78 Å². The minimum Gasteiger partial charge on any atom is -0.489 e. The van der Waals surface area contributed by atoms with Crippen LogP contribution in [0.4, 0.5) is 0 Å². The van der Waals surface area contributed by atoms with Gasteiger partial charge in [-0.2, -0.15) is 0 Å². The van der Waals surface area contributed by atoms with Crippen LogP contribution in [0.25, 0.3) is 0 Å². The van der Waals surface area contributed by atoms with Crippen molar-refractivity contribution in [2.24, 2.45) is 0 Å². The molecule has 1 unspecified atom stereocenters. The van der Waals surface area contributed by atoms with Crippen molar-refractivity contribution in [3.05, 3.63) is 23.5 Å². The highest BCUT2D eigenvalue weighted by Gasteiger charge is 2.24. The molecule has 0 saturated carbocycles. The molecule has 3 rings (SSSR count). The third kappa shape index (κ3) is 5.97. The number of amides is 1. The monoisotopic (exact) mass is 400 g/mol. The molecule has 0 spiro atoms. The van der Waals surface area contributed by atoms with Crippen molar-refractivity contribution >= 4 is 39.1 Å². The van der Waals surface area contributed by atoms with Gasteiger partial charge < -0.3 is 9.64 Å². The lowest BCUT2D eigenvalue weighted by atomic mass is 10.1. The zero-order valence-electron chi connectivity index (χ0n) is 14.4. The molecular formula is C18H25ClN2O2S2. The molecule has 4 nitrogen and oxygen atoms in total. The molecule has 2 aliphatic heterocycles. The lowest BCUT2D eigenvalue weighted by Crippen LogP contribution is -2.41. The number of halogens is 1. The van der Waals surface area contributed by atoms with Gasteiger partial charge >= 0.3 is 0 Å². The van der Waals surface area contributed by atoms with Crippen LogP contribution in [-0.2, 0) is 4.79 Å². The first-order valence-electron chi connectivity index (χ1n) is 9.04. The molecule has 1 amide bonds. The van der Waals surface area contributed by atoms with Crippen LogP contribution < -0.4 is 4.74 Å². The SMILES string of the molecule is O=C(CCCCC1CCSS1)N1CCC(Oc2ccncc2Cl)CC1. The number of rotatable bonds is 7. The summed E-state index contributed by atoms with van der Waals surface area (Å²) in [6, 6.07) is 1.79. The first-order chi connectivity index (χ1) is 12.2. The minimum atomic E-state index is 0.126. The number of piperidine rings is 1. The Hall–Kier alpha value is -0.590. The Labute approximate surface area is 162 Å². The standard InChI is InChI=1S/C18H25ClN2O2S2/c19-16-13-20-9-5-17(16)23-14-6-10-21(11-7-14)18(22)4-2-1-3-15-8-12-24-25-15/h5,9,13-15H,1-4,6-8,10-12H2. The molecule has 7 heteroatoms. The fourth-order valence-electron chi connectivity index (χ4n) is 3.23. The van der Waals surface area contributed by atoms with E-state index in [0.717, 1.165) is 37.6 Å². The number of aromatic nitrogens is 1. The summed E-state index contributed by atoms with van der Waals surface area (Å²) in [5.41, 5.74) is 0. The summed E-state index contributed by atoms with van der Waals surface area (Å²) in [6.07, 6.45) is 10.6. The molecule has 2 fully saturated rings. The number of unbranched alkanes of at least 4 members (excludes halogenated alkanes) is 1. The van der Waals surface area contributed by atoms with Gasteiger partial charge in [0, 0.05) is 61.8 Å². The van der Waals surface area contributed by atoms with Gasteiger partial charge in [0.2, 0.25) is 5.91 Å². The summed E-state index contributed by atoms with van der Waals surface area (Å²) in [7, 11) is 4.01. The Morgan fingerprint density at radius 1 is 1.32 bits per heavy atom. The summed E-state index contributed by atoms with van der Waals surface area (Å²) in [5.74, 6) is 2.27. The average molecular weight is 401 g/mol. The molecule has 2 aliphatic rings. The molecule has 25 heavy (non-hydrogen) atoms. The van der Waals surface area contributed by atoms with Gasteiger partial charge in [-0.05, 0) is 19.3 Å². The van der Waals surface area contributed by atoms with Crippen molar-refractivity contribution < 1.29 is 9.53 Å². The molecular weight excluding hydrogens is 376 g/mol. The second-order valence-electron chi connectivity index (χ2n) is 6.58. The number of hydrogen-bond acceptors (Lipinski definition) is 5. The van der Waals surface area contributed by atoms with E-state index in [0.29, 0.717) is 23.1 Å². The van der Waals surface area contributed by atoms with Crippen LogP contribution in [0.5, 0.6) is 5.75 Å². The summed E-state index contributed by atoms with van der Waals surface area (Å²) in [6.45, 7) is 1.56. The highest BCUT2D eigenvalue weighted by molar-refractivity contribution is 8.77. The van der Waals surface area contributed by atoms with Crippen molar-refractivity contribution in [1.82, 2.24) is 9.88 Å². The molecule has 0 radical (unpaired) electrons. The van der Waals surface area contributed by atoms with E-state index in [-0.39, 0.29) is 6.10 Å². The molecule has 1 aromatic heterocycles. The Morgan fingerprint density at radius 3 is 2.88 bits per heavy atom. The van der Waals surface area contributed by atoms with Crippen LogP contribution in [-0.4, -0.2) is 46.0 Å². The largest absolute Gasteiger partial charge is 0.489 e. The van der Waals surface area contributed by atoms with E-state index in [1.165, 1.54) is 25.0 Å². The van der Waals surface area contributed by atoms with E-state index in [1.54, 1.807) is 18.5 Å². The second-order valence-corrected chi connectivity index (χ2v) is 9.77. The molecule has 3 heterocycles. The average Bonchev–Trinajstić information content (AvgIpc) is 3.15. The van der Waals surface area contributed by atoms with Gasteiger partial charge in [0.05, 0.1) is 0 Å². The van der Waals surface area contributed by atoms with Crippen molar-refractivity contribution in [3.8, 4) is 5.75 Å². The maximum Gasteiger partial charge on any atom is 0.222 e. The minimum absolute atomic E-state index is 0.126. The van der Waals surface area contributed by atoms with Gasteiger partial charge in [0.15, 0.2) is 0 Å². The Kier molecular flexibility index (Phi) is 7.62. The number of ether oxygens (including phenoxy) is 1. The lowest BCUT2D eigenvalue weighted by Gasteiger charge is -2.32. The zero-order valence-corrected chi connectivity index (χ0v) is 16.8. The van der Waals surface area contributed by atoms with E-state index in [2.05, 4.69) is 4.98 Å². The predicted octanol–water partition coefficient (Wildman–Crippen LogP) is 4.82. The van der Waals surface area contributed by atoms with E-state index in [4.69, 9.17) is 16.3 Å². The molecule has 2 saturated heterocycles. The third-order valence-corrected chi connectivity index (χ3v) is 8.01. The van der Waals surface area contributed by atoms with Crippen molar-refractivity contribution in [2.75, 3.05) is 18.8 Å². The summed E-state index contributed by atoms with van der Waals surface area (Å²) >= 11 is 6.09. The molecule has 138 valence electrons. The Morgan fingerprint density at radius 2 is 2.16 bits per heavy atom. The first kappa shape index (κ1) is 19.2. The van der Waals surface area contributed by atoms with Crippen LogP contribution in [0.1, 0.15) is 44.9 Å². The third-order valence-electron chi connectivity index (χ3n) is 4.72. The Balaban J connectivity index is 1.32. The maximum absolute atomic E-state index is 12.4. The van der Waals surface area contributed by atoms with Gasteiger partial charge in [-0.1, -0.05) is 39.6 Å². The van der Waals surface area contributed by atoms with E-state index in [1.807, 2.05) is 26.5 Å². The van der Waals surface area contributed by atoms with Crippen molar-refractivity contribution in [3.63, 3.8) is 0 Å². The molecule has 0 N–H and O–H groups in total. The second kappa shape index (κ2) is 9.93. The highest BCUT2D eigenvalue weighted by Crippen LogP contribution is 2.39. The van der Waals surface area contributed by atoms with E-state index in [9.17, 15) is 4.79 Å². The van der Waals surface area contributed by atoms with Crippen LogP contribution in [0.15, 0.2) is 18.5 Å². The fourth-order valence-corrected chi connectivity index (χ4v) is 6.42. The lowest BCUT2D eigenvalue weighted by molar-refractivity contribution is -0.133. The number of likely N-dealkylation sites (tertiary alicyclic amines) is 1. The molecule has 1 aromatic rings. The number of carbonyl (C=O) groups excluding carboxylic acids is 1. The molecule has 0 bridgehead atoms. The van der Waals surface area contributed by atoms with Crippen LogP contribution in [0.3, 0.4) is 0 Å². The molecule has 1 atom stereocenters. The van der Waals surface area contributed by atoms with Crippen molar-refractivity contribution in [1.29, 1.82) is 0 Å². The zero-order chi connectivity index (χ0) is 17.5. The first-order valence-corrected chi connectivity index (χ1v) is 11.8. The number of pyridine rings is 1. The summed E-state index contributed by atoms with van der Waals surface area (Å²) < 4.78 is 5.96. The molecule has 0 aliphatic carbocycles. The highest BCUT2D eigenvalue weighted by atomic mass is 35.5. The van der Waals surface area contributed by atoms with Crippen LogP contribution in [0, 0.1) is 0 Å². The molecule has 0 aromatic carbocycles. The van der Waals surface area contributed by atoms with Crippen LogP contribution >= 0.6 is 33.2 Å². The predicted molar refractivity (Wildman–Crippen MR) is 106 cm³/mol. The van der Waals surface area contributed by atoms with Gasteiger partial charge in [0.1, 0.15) is 16.9 Å². The Bertz CT molecular complexity index is 562. The van der Waals surface area contributed by atoms with Crippen molar-refractivity contribution in [2.45, 2.75) is 56.3 Å². The maximum atomic E-state index is 12.4. The van der Waals surface area contributed by atoms with Gasteiger partial charge in [-0.25, -0.2) is 0 Å². The van der Waals surface area contributed by atoms with Crippen LogP contribution in [0.2, 0.25) is 5.02 Å². The quantitative estimate of drug-likeness (QED) is 0.485.